The smallest absolute Gasteiger partial charge is 0.427 e. The van der Waals surface area contributed by atoms with Gasteiger partial charge in [-0.15, -0.1) is 4.40 Å². The Morgan fingerprint density at radius 3 is 2.33 bits per heavy atom. The average molecular weight is 539 g/mol. The quantitative estimate of drug-likeness (QED) is 0.542. The van der Waals surface area contributed by atoms with Crippen LogP contribution in [0.15, 0.2) is 64.8 Å². The van der Waals surface area contributed by atoms with Gasteiger partial charge in [0.2, 0.25) is 0 Å². The lowest BCUT2D eigenvalue weighted by Gasteiger charge is -2.36. The average Bonchev–Trinajstić information content (AvgIpc) is 2.80. The number of nitrogens with zero attached hydrogens (tertiary/aromatic N) is 1. The number of piperidine rings is 1. The highest BCUT2D eigenvalue weighted by Crippen LogP contribution is 2.30. The Morgan fingerprint density at radius 1 is 1.17 bits per heavy atom. The Balaban J connectivity index is 0.000000303. The van der Waals surface area contributed by atoms with E-state index in [0.29, 0.717) is 29.8 Å². The van der Waals surface area contributed by atoms with Gasteiger partial charge in [-0.25, -0.2) is 4.39 Å². The van der Waals surface area contributed by atoms with Crippen molar-refractivity contribution in [2.75, 3.05) is 19.6 Å². The van der Waals surface area contributed by atoms with Crippen LogP contribution in [0.25, 0.3) is 0 Å². The minimum atomic E-state index is -3.97. The number of nitrogens with one attached hydrogen (secondary N) is 1. The van der Waals surface area contributed by atoms with Gasteiger partial charge >= 0.3 is 10.3 Å². The molecular formula is C25H28ClFN2O6S. The zero-order valence-corrected chi connectivity index (χ0v) is 21.3. The standard InChI is InChI=1S/C21H23ClFNO2.C4H5NO4S/c22-18-7-5-17(6-8-18)21(26)11-14-24(15-12-21)13-1-2-20(25)16-3-9-19(23)10-4-16;1-3-2-4(6)5-10(7,8)9-3/h3-10,26H,1-2,11-15H2;2H,1H3,(H,5,6). The van der Waals surface area contributed by atoms with E-state index in [1.807, 2.05) is 24.3 Å². The fourth-order valence-electron chi connectivity index (χ4n) is 4.11. The molecule has 0 aromatic heterocycles. The second-order valence-electron chi connectivity index (χ2n) is 8.77. The summed E-state index contributed by atoms with van der Waals surface area (Å²) in [6.45, 7) is 4.03. The van der Waals surface area contributed by atoms with Crippen LogP contribution in [-0.2, 0) is 20.1 Å². The number of carbonyl (C=O) groups excluding carboxylic acids is 1. The van der Waals surface area contributed by atoms with E-state index in [0.717, 1.165) is 37.7 Å². The summed E-state index contributed by atoms with van der Waals surface area (Å²) in [4.78, 5) is 13.5. The Labute approximate surface area is 214 Å². The summed E-state index contributed by atoms with van der Waals surface area (Å²) in [6, 6.07) is 13.1. The molecule has 4 rings (SSSR count). The van der Waals surface area contributed by atoms with Crippen LogP contribution in [0.4, 0.5) is 4.39 Å². The number of benzene rings is 2. The van der Waals surface area contributed by atoms with Crippen molar-refractivity contribution in [3.63, 3.8) is 0 Å². The Bertz CT molecular complexity index is 1220. The molecule has 1 saturated heterocycles. The van der Waals surface area contributed by atoms with E-state index in [1.165, 1.54) is 36.1 Å². The molecule has 36 heavy (non-hydrogen) atoms. The largest absolute Gasteiger partial charge is 0.858 e. The molecule has 2 heterocycles. The molecule has 0 spiro atoms. The number of hydrogen-bond acceptors (Lipinski definition) is 6. The SMILES string of the molecule is CC1=CC([O-])=NS(=O)(=O)O1.O=C(CCC[NH+]1CCC(O)(c2ccc(Cl)cc2)CC1)c1ccc(F)cc1. The molecule has 2 aromatic rings. The van der Waals surface area contributed by atoms with Crippen molar-refractivity contribution in [3.8, 4) is 0 Å². The lowest BCUT2D eigenvalue weighted by atomic mass is 9.84. The Hall–Kier alpha value is -2.79. The van der Waals surface area contributed by atoms with Crippen LogP contribution in [0, 0.1) is 5.82 Å². The summed E-state index contributed by atoms with van der Waals surface area (Å²) >= 11 is 5.92. The van der Waals surface area contributed by atoms with Gasteiger partial charge in [0.05, 0.1) is 19.6 Å². The third kappa shape index (κ3) is 8.12. The minimum absolute atomic E-state index is 0.0417. The van der Waals surface area contributed by atoms with Crippen LogP contribution in [0.1, 0.15) is 48.5 Å². The van der Waals surface area contributed by atoms with Crippen molar-refractivity contribution in [3.05, 3.63) is 82.3 Å². The first kappa shape index (κ1) is 27.8. The van der Waals surface area contributed by atoms with Crippen molar-refractivity contribution < 1.29 is 36.9 Å². The summed E-state index contributed by atoms with van der Waals surface area (Å²) in [5, 5.41) is 22.0. The molecule has 0 bridgehead atoms. The summed E-state index contributed by atoms with van der Waals surface area (Å²) in [6.07, 6.45) is 3.67. The molecule has 0 amide bonds. The van der Waals surface area contributed by atoms with Crippen molar-refractivity contribution in [2.24, 2.45) is 4.40 Å². The van der Waals surface area contributed by atoms with Gasteiger partial charge < -0.3 is 19.3 Å². The maximum absolute atomic E-state index is 12.9. The molecule has 0 aliphatic carbocycles. The van der Waals surface area contributed by atoms with Gasteiger partial charge in [0.1, 0.15) is 17.2 Å². The number of rotatable bonds is 6. The Kier molecular flexibility index (Phi) is 9.24. The number of halogens is 2. The monoisotopic (exact) mass is 538 g/mol. The molecule has 0 unspecified atom stereocenters. The normalized spacial score (nSPS) is 22.8. The molecule has 2 aliphatic heterocycles. The van der Waals surface area contributed by atoms with Gasteiger partial charge in [-0.3, -0.25) is 4.79 Å². The second-order valence-corrected chi connectivity index (χ2v) is 10.4. The first-order chi connectivity index (χ1) is 17.0. The molecule has 2 aromatic carbocycles. The molecule has 0 radical (unpaired) electrons. The third-order valence-electron chi connectivity index (χ3n) is 6.03. The molecule has 8 nitrogen and oxygen atoms in total. The van der Waals surface area contributed by atoms with E-state index < -0.39 is 21.8 Å². The predicted molar refractivity (Wildman–Crippen MR) is 131 cm³/mol. The number of quaternary nitrogens is 1. The fraction of sp³-hybridized carbons (Fsp3) is 0.360. The highest BCUT2D eigenvalue weighted by atomic mass is 35.5. The summed E-state index contributed by atoms with van der Waals surface area (Å²) in [5.74, 6) is -1.03. The van der Waals surface area contributed by atoms with Crippen LogP contribution < -0.4 is 10.0 Å². The number of carbonyl (C=O) groups is 1. The zero-order valence-electron chi connectivity index (χ0n) is 19.7. The van der Waals surface area contributed by atoms with Gasteiger partial charge in [-0.2, -0.15) is 8.42 Å². The molecule has 194 valence electrons. The van der Waals surface area contributed by atoms with Crippen LogP contribution in [0.5, 0.6) is 0 Å². The van der Waals surface area contributed by atoms with E-state index in [4.69, 9.17) is 11.6 Å². The van der Waals surface area contributed by atoms with Crippen LogP contribution in [0.3, 0.4) is 0 Å². The molecule has 0 atom stereocenters. The van der Waals surface area contributed by atoms with Gasteiger partial charge in [0.25, 0.3) is 0 Å². The predicted octanol–water partition coefficient (Wildman–Crippen LogP) is 1.93. The number of hydrogen-bond donors (Lipinski definition) is 2. The van der Waals surface area contributed by atoms with Gasteiger partial charge in [-0.05, 0) is 55.0 Å². The summed E-state index contributed by atoms with van der Waals surface area (Å²) in [7, 11) is -3.97. The van der Waals surface area contributed by atoms with Crippen LogP contribution >= 0.6 is 11.6 Å². The first-order valence-corrected chi connectivity index (χ1v) is 13.2. The number of likely N-dealkylation sites (tertiary alicyclic amines) is 1. The molecule has 2 N–H and O–H groups in total. The first-order valence-electron chi connectivity index (χ1n) is 11.5. The van der Waals surface area contributed by atoms with E-state index in [9.17, 15) is 27.8 Å². The van der Waals surface area contributed by atoms with Crippen molar-refractivity contribution in [1.82, 2.24) is 0 Å². The molecule has 11 heteroatoms. The molecule has 2 aliphatic rings. The lowest BCUT2D eigenvalue weighted by Crippen LogP contribution is -3.13. The number of allylic oxidation sites excluding steroid dienone is 1. The van der Waals surface area contributed by atoms with E-state index in [2.05, 4.69) is 8.58 Å². The van der Waals surface area contributed by atoms with Gasteiger partial charge in [-0.1, -0.05) is 23.7 Å². The molecule has 0 saturated carbocycles. The number of aliphatic hydroxyl groups is 1. The highest BCUT2D eigenvalue weighted by molar-refractivity contribution is 7.85. The zero-order chi connectivity index (χ0) is 26.3. The fourth-order valence-corrected chi connectivity index (χ4v) is 4.93. The Morgan fingerprint density at radius 2 is 1.78 bits per heavy atom. The van der Waals surface area contributed by atoms with Gasteiger partial charge in [0, 0.05) is 42.2 Å². The van der Waals surface area contributed by atoms with Crippen LogP contribution in [0.2, 0.25) is 5.02 Å². The summed E-state index contributed by atoms with van der Waals surface area (Å²) in [5.41, 5.74) is 0.711. The second kappa shape index (κ2) is 12.0. The molecular weight excluding hydrogens is 511 g/mol. The lowest BCUT2D eigenvalue weighted by molar-refractivity contribution is -0.908. The van der Waals surface area contributed by atoms with E-state index in [-0.39, 0.29) is 17.4 Å². The van der Waals surface area contributed by atoms with E-state index >= 15 is 0 Å². The van der Waals surface area contributed by atoms with Crippen molar-refractivity contribution >= 4 is 33.6 Å². The highest BCUT2D eigenvalue weighted by Gasteiger charge is 2.36. The van der Waals surface area contributed by atoms with Crippen LogP contribution in [-0.4, -0.2) is 44.8 Å². The molecule has 1 fully saturated rings. The minimum Gasteiger partial charge on any atom is -0.858 e. The van der Waals surface area contributed by atoms with Gasteiger partial charge in [0.15, 0.2) is 5.78 Å². The number of Topliss-reactive ketones (excluding diaryl/α,β-unsaturated/α-hetero) is 1. The summed E-state index contributed by atoms with van der Waals surface area (Å²) < 4.78 is 40.6. The van der Waals surface area contributed by atoms with Crippen molar-refractivity contribution in [2.45, 2.75) is 38.2 Å². The number of ketones is 1. The maximum atomic E-state index is 12.9. The maximum Gasteiger partial charge on any atom is 0.427 e. The van der Waals surface area contributed by atoms with E-state index in [1.54, 1.807) is 0 Å². The topological polar surface area (TPSA) is 121 Å². The third-order valence-corrected chi connectivity index (χ3v) is 7.16. The van der Waals surface area contributed by atoms with Crippen molar-refractivity contribution in [1.29, 1.82) is 0 Å².